The Morgan fingerprint density at radius 2 is 1.59 bits per heavy atom. The van der Waals surface area contributed by atoms with Crippen molar-refractivity contribution in [1.29, 1.82) is 0 Å². The maximum Gasteiger partial charge on any atom is 0.261 e. The van der Waals surface area contributed by atoms with E-state index in [1.165, 1.54) is 4.90 Å². The van der Waals surface area contributed by atoms with Gasteiger partial charge in [0, 0.05) is 0 Å². The number of carbonyl (C=O) groups is 2. The molecule has 22 heavy (non-hydrogen) atoms. The van der Waals surface area contributed by atoms with Gasteiger partial charge in [-0.15, -0.1) is 0 Å². The van der Waals surface area contributed by atoms with E-state index in [0.29, 0.717) is 23.0 Å². The lowest BCUT2D eigenvalue weighted by atomic mass is 10.1. The van der Waals surface area contributed by atoms with Gasteiger partial charge in [-0.25, -0.2) is 0 Å². The van der Waals surface area contributed by atoms with Crippen LogP contribution in [0.5, 0.6) is 0 Å². The van der Waals surface area contributed by atoms with Crippen LogP contribution in [0.3, 0.4) is 0 Å². The minimum atomic E-state index is -0.639. The van der Waals surface area contributed by atoms with Gasteiger partial charge in [-0.3, -0.25) is 14.5 Å². The Morgan fingerprint density at radius 3 is 2.23 bits per heavy atom. The second-order valence-corrected chi connectivity index (χ2v) is 7.14. The van der Waals surface area contributed by atoms with Gasteiger partial charge in [-0.1, -0.05) is 12.1 Å². The maximum atomic E-state index is 12.7. The fourth-order valence-electron chi connectivity index (χ4n) is 4.48. The lowest BCUT2D eigenvalue weighted by molar-refractivity contribution is -0.156. The number of ether oxygens (including phenoxy) is 2. The van der Waals surface area contributed by atoms with Gasteiger partial charge < -0.3 is 9.47 Å². The summed E-state index contributed by atoms with van der Waals surface area (Å²) in [4.78, 5) is 26.9. The quantitative estimate of drug-likeness (QED) is 0.742. The molecule has 0 N–H and O–H groups in total. The predicted octanol–water partition coefficient (Wildman–Crippen LogP) is 1.82. The van der Waals surface area contributed by atoms with Gasteiger partial charge in [-0.05, 0) is 44.2 Å². The normalized spacial score (nSPS) is 40.6. The smallest absolute Gasteiger partial charge is 0.261 e. The van der Waals surface area contributed by atoms with Gasteiger partial charge in [0.1, 0.15) is 6.10 Å². The summed E-state index contributed by atoms with van der Waals surface area (Å²) in [6.45, 7) is 3.78. The highest BCUT2D eigenvalue weighted by atomic mass is 16.8. The Balaban J connectivity index is 1.54. The monoisotopic (exact) mass is 299 g/mol. The molecule has 1 aromatic rings. The van der Waals surface area contributed by atoms with Crippen molar-refractivity contribution in [2.45, 2.75) is 44.3 Å². The minimum absolute atomic E-state index is 0.00862. The average Bonchev–Trinajstić information content (AvgIpc) is 3.05. The van der Waals surface area contributed by atoms with Crippen LogP contribution in [0.2, 0.25) is 0 Å². The van der Waals surface area contributed by atoms with Gasteiger partial charge >= 0.3 is 0 Å². The lowest BCUT2D eigenvalue weighted by Crippen LogP contribution is -2.48. The minimum Gasteiger partial charge on any atom is -0.344 e. The van der Waals surface area contributed by atoms with Gasteiger partial charge in [0.05, 0.1) is 23.3 Å². The van der Waals surface area contributed by atoms with Gasteiger partial charge in [0.15, 0.2) is 5.79 Å². The SMILES string of the molecule is CC1(C)O[C@@H]2[C@@H]3C[C@@H]3[C@@H](N3C(=O)c4ccccc4C3=O)[C@@H]2O1. The van der Waals surface area contributed by atoms with E-state index in [1.54, 1.807) is 24.3 Å². The van der Waals surface area contributed by atoms with E-state index in [-0.39, 0.29) is 30.1 Å². The molecule has 5 heteroatoms. The van der Waals surface area contributed by atoms with Crippen LogP contribution in [0, 0.1) is 11.8 Å². The first-order valence-electron chi connectivity index (χ1n) is 7.80. The maximum absolute atomic E-state index is 12.7. The molecule has 2 amide bonds. The largest absolute Gasteiger partial charge is 0.344 e. The van der Waals surface area contributed by atoms with Crippen LogP contribution < -0.4 is 0 Å². The van der Waals surface area contributed by atoms with E-state index in [0.717, 1.165) is 6.42 Å². The number of imide groups is 1. The second-order valence-electron chi connectivity index (χ2n) is 7.14. The summed E-state index contributed by atoms with van der Waals surface area (Å²) in [7, 11) is 0. The van der Waals surface area contributed by atoms with Crippen LogP contribution in [0.25, 0.3) is 0 Å². The van der Waals surface area contributed by atoms with Crippen LogP contribution in [0.15, 0.2) is 24.3 Å². The van der Waals surface area contributed by atoms with Gasteiger partial charge in [-0.2, -0.15) is 0 Å². The molecule has 114 valence electrons. The average molecular weight is 299 g/mol. The molecule has 0 radical (unpaired) electrons. The van der Waals surface area contributed by atoms with Gasteiger partial charge in [0.25, 0.3) is 11.8 Å². The van der Waals surface area contributed by atoms with Crippen LogP contribution >= 0.6 is 0 Å². The molecule has 1 saturated heterocycles. The zero-order chi connectivity index (χ0) is 15.2. The van der Waals surface area contributed by atoms with E-state index in [2.05, 4.69) is 0 Å². The summed E-state index contributed by atoms with van der Waals surface area (Å²) in [5.41, 5.74) is 1.01. The van der Waals surface area contributed by atoms with Crippen LogP contribution in [0.1, 0.15) is 41.0 Å². The van der Waals surface area contributed by atoms with Crippen molar-refractivity contribution < 1.29 is 19.1 Å². The Labute approximate surface area is 128 Å². The first kappa shape index (κ1) is 12.8. The molecule has 2 aliphatic heterocycles. The second kappa shape index (κ2) is 3.78. The zero-order valence-electron chi connectivity index (χ0n) is 12.5. The standard InChI is InChI=1S/C17H17NO4/c1-17(2)21-13-11-7-10(11)12(14(13)22-17)18-15(19)8-5-3-4-6-9(8)16(18)20/h3-6,10-14H,7H2,1-2H3/t10-,11+,12+,13+,14-/m0/s1. The summed E-state index contributed by atoms with van der Waals surface area (Å²) in [6, 6.07) is 6.85. The molecule has 3 fully saturated rings. The summed E-state index contributed by atoms with van der Waals surface area (Å²) < 4.78 is 12.0. The summed E-state index contributed by atoms with van der Waals surface area (Å²) in [5, 5.41) is 0. The molecule has 0 spiro atoms. The molecule has 5 atom stereocenters. The lowest BCUT2D eigenvalue weighted by Gasteiger charge is -2.29. The molecule has 5 rings (SSSR count). The highest BCUT2D eigenvalue weighted by Crippen LogP contribution is 2.60. The summed E-state index contributed by atoms with van der Waals surface area (Å²) >= 11 is 0. The van der Waals surface area contributed by atoms with E-state index in [9.17, 15) is 9.59 Å². The number of carbonyl (C=O) groups excluding carboxylic acids is 2. The molecular weight excluding hydrogens is 282 g/mol. The van der Waals surface area contributed by atoms with Crippen molar-refractivity contribution in [3.05, 3.63) is 35.4 Å². The van der Waals surface area contributed by atoms with Crippen LogP contribution in [-0.2, 0) is 9.47 Å². The highest BCUT2D eigenvalue weighted by Gasteiger charge is 2.69. The highest BCUT2D eigenvalue weighted by molar-refractivity contribution is 6.21. The van der Waals surface area contributed by atoms with Crippen molar-refractivity contribution in [2.75, 3.05) is 0 Å². The number of rotatable bonds is 1. The molecule has 0 bridgehead atoms. The van der Waals surface area contributed by atoms with Crippen molar-refractivity contribution in [3.63, 3.8) is 0 Å². The molecule has 2 heterocycles. The molecule has 0 unspecified atom stereocenters. The number of hydrogen-bond acceptors (Lipinski definition) is 4. The Bertz CT molecular complexity index is 677. The van der Waals surface area contributed by atoms with Crippen molar-refractivity contribution in [3.8, 4) is 0 Å². The van der Waals surface area contributed by atoms with E-state index >= 15 is 0 Å². The summed E-state index contributed by atoms with van der Waals surface area (Å²) in [5.74, 6) is -0.274. The van der Waals surface area contributed by atoms with Gasteiger partial charge in [0.2, 0.25) is 0 Å². The number of benzene rings is 1. The van der Waals surface area contributed by atoms with E-state index in [1.807, 2.05) is 13.8 Å². The topological polar surface area (TPSA) is 55.8 Å². The van der Waals surface area contributed by atoms with Crippen LogP contribution in [-0.4, -0.2) is 40.8 Å². The fourth-order valence-corrected chi connectivity index (χ4v) is 4.48. The third-order valence-electron chi connectivity index (χ3n) is 5.38. The molecule has 0 aromatic heterocycles. The van der Waals surface area contributed by atoms with E-state index in [4.69, 9.17) is 9.47 Å². The first-order chi connectivity index (χ1) is 10.5. The molecule has 4 aliphatic rings. The van der Waals surface area contributed by atoms with E-state index < -0.39 is 5.79 Å². The number of hydrogen-bond donors (Lipinski definition) is 0. The van der Waals surface area contributed by atoms with Crippen molar-refractivity contribution >= 4 is 11.8 Å². The molecule has 1 aromatic carbocycles. The Morgan fingerprint density at radius 1 is 1.00 bits per heavy atom. The molecule has 2 aliphatic carbocycles. The third-order valence-corrected chi connectivity index (χ3v) is 5.38. The number of fused-ring (bicyclic) bond motifs is 4. The number of amides is 2. The summed E-state index contributed by atoms with van der Waals surface area (Å²) in [6.07, 6.45) is 0.828. The fraction of sp³-hybridized carbons (Fsp3) is 0.529. The van der Waals surface area contributed by atoms with Crippen molar-refractivity contribution in [1.82, 2.24) is 4.90 Å². The third kappa shape index (κ3) is 1.45. The predicted molar refractivity (Wildman–Crippen MR) is 76.2 cm³/mol. The zero-order valence-corrected chi connectivity index (χ0v) is 12.5. The first-order valence-corrected chi connectivity index (χ1v) is 7.80. The molecule has 2 saturated carbocycles. The Kier molecular flexibility index (Phi) is 2.20. The Hall–Kier alpha value is -1.72. The van der Waals surface area contributed by atoms with Crippen molar-refractivity contribution in [2.24, 2.45) is 11.8 Å². The molecular formula is C17H17NO4. The molecule has 5 nitrogen and oxygen atoms in total. The number of nitrogens with zero attached hydrogens (tertiary/aromatic N) is 1. The van der Waals surface area contributed by atoms with Crippen LogP contribution in [0.4, 0.5) is 0 Å².